The number of hydrogen-bond donors (Lipinski definition) is 2. The van der Waals surface area contributed by atoms with E-state index in [1.165, 1.54) is 6.07 Å². The summed E-state index contributed by atoms with van der Waals surface area (Å²) in [7, 11) is 0. The van der Waals surface area contributed by atoms with Gasteiger partial charge < -0.3 is 15.6 Å². The molecule has 0 amide bonds. The van der Waals surface area contributed by atoms with Crippen LogP contribution in [0, 0.1) is 18.6 Å². The predicted molar refractivity (Wildman–Crippen MR) is 62.0 cm³/mol. The molecule has 0 aliphatic carbocycles. The zero-order valence-electron chi connectivity index (χ0n) is 9.70. The highest BCUT2D eigenvalue weighted by atomic mass is 19.2. The number of nitrogens with zero attached hydrogens (tertiary/aromatic N) is 2. The lowest BCUT2D eigenvalue weighted by Crippen LogP contribution is -2.10. The van der Waals surface area contributed by atoms with Gasteiger partial charge in [-0.15, -0.1) is 0 Å². The smallest absolute Gasteiger partial charge is 0.223 e. The Labute approximate surface area is 102 Å². The lowest BCUT2D eigenvalue weighted by Gasteiger charge is -2.09. The number of rotatable bonds is 4. The SMILES string of the molecule is Cc1nc(CCNc2c(N)ccc(F)c2F)no1. The minimum Gasteiger partial charge on any atom is -0.397 e. The topological polar surface area (TPSA) is 77.0 Å². The van der Waals surface area contributed by atoms with Crippen LogP contribution in [0.3, 0.4) is 0 Å². The van der Waals surface area contributed by atoms with E-state index in [0.29, 0.717) is 24.7 Å². The number of anilines is 2. The number of hydrogen-bond acceptors (Lipinski definition) is 5. The van der Waals surface area contributed by atoms with Gasteiger partial charge in [-0.05, 0) is 12.1 Å². The lowest BCUT2D eigenvalue weighted by atomic mass is 10.2. The van der Waals surface area contributed by atoms with Gasteiger partial charge in [0.05, 0.1) is 11.4 Å². The molecule has 0 aliphatic heterocycles. The fraction of sp³-hybridized carbons (Fsp3) is 0.273. The van der Waals surface area contributed by atoms with E-state index in [4.69, 9.17) is 10.3 Å². The molecule has 5 nitrogen and oxygen atoms in total. The summed E-state index contributed by atoms with van der Waals surface area (Å²) in [5, 5.41) is 6.40. The number of nitrogen functional groups attached to an aromatic ring is 1. The molecule has 7 heteroatoms. The summed E-state index contributed by atoms with van der Waals surface area (Å²) in [4.78, 5) is 3.99. The third-order valence-electron chi connectivity index (χ3n) is 2.35. The highest BCUT2D eigenvalue weighted by Gasteiger charge is 2.11. The molecule has 0 radical (unpaired) electrons. The molecule has 3 N–H and O–H groups in total. The summed E-state index contributed by atoms with van der Waals surface area (Å²) < 4.78 is 31.2. The Morgan fingerprint density at radius 3 is 2.83 bits per heavy atom. The third kappa shape index (κ3) is 2.55. The molecule has 1 aromatic heterocycles. The average molecular weight is 254 g/mol. The number of nitrogens with two attached hydrogens (primary N) is 1. The van der Waals surface area contributed by atoms with E-state index in [-0.39, 0.29) is 11.4 Å². The molecule has 1 aromatic carbocycles. The summed E-state index contributed by atoms with van der Waals surface area (Å²) in [6.45, 7) is 2.00. The Bertz CT molecular complexity index is 556. The summed E-state index contributed by atoms with van der Waals surface area (Å²) in [5.74, 6) is -0.974. The van der Waals surface area contributed by atoms with Gasteiger partial charge >= 0.3 is 0 Å². The van der Waals surface area contributed by atoms with Crippen molar-refractivity contribution in [3.05, 3.63) is 35.5 Å². The van der Waals surface area contributed by atoms with Crippen molar-refractivity contribution in [2.75, 3.05) is 17.6 Å². The third-order valence-corrected chi connectivity index (χ3v) is 2.35. The first kappa shape index (κ1) is 12.3. The van der Waals surface area contributed by atoms with E-state index in [0.717, 1.165) is 6.07 Å². The van der Waals surface area contributed by atoms with Crippen molar-refractivity contribution < 1.29 is 13.3 Å². The second-order valence-corrected chi connectivity index (χ2v) is 3.73. The maximum atomic E-state index is 13.4. The van der Waals surface area contributed by atoms with Crippen LogP contribution in [0.2, 0.25) is 0 Å². The number of halogens is 2. The Balaban J connectivity index is 2.00. The molecule has 96 valence electrons. The quantitative estimate of drug-likeness (QED) is 0.815. The second kappa shape index (κ2) is 4.99. The fourth-order valence-electron chi connectivity index (χ4n) is 1.49. The molecule has 0 fully saturated rings. The van der Waals surface area contributed by atoms with Crippen LogP contribution in [-0.2, 0) is 6.42 Å². The predicted octanol–water partition coefficient (Wildman–Crippen LogP) is 1.89. The van der Waals surface area contributed by atoms with Crippen LogP contribution in [0.1, 0.15) is 11.7 Å². The van der Waals surface area contributed by atoms with E-state index in [2.05, 4.69) is 15.5 Å². The van der Waals surface area contributed by atoms with Gasteiger partial charge in [-0.1, -0.05) is 5.16 Å². The molecule has 0 atom stereocenters. The van der Waals surface area contributed by atoms with Gasteiger partial charge in [-0.25, -0.2) is 8.78 Å². The average Bonchev–Trinajstić information content (AvgIpc) is 2.74. The van der Waals surface area contributed by atoms with Crippen molar-refractivity contribution in [3.8, 4) is 0 Å². The molecular formula is C11H12F2N4O. The van der Waals surface area contributed by atoms with E-state index in [1.54, 1.807) is 6.92 Å². The van der Waals surface area contributed by atoms with Gasteiger partial charge in [0.25, 0.3) is 0 Å². The molecule has 0 saturated carbocycles. The summed E-state index contributed by atoms with van der Waals surface area (Å²) >= 11 is 0. The first-order chi connectivity index (χ1) is 8.58. The zero-order valence-corrected chi connectivity index (χ0v) is 9.70. The van der Waals surface area contributed by atoms with E-state index in [9.17, 15) is 8.78 Å². The van der Waals surface area contributed by atoms with Crippen molar-refractivity contribution in [2.45, 2.75) is 13.3 Å². The Morgan fingerprint density at radius 1 is 1.39 bits per heavy atom. The van der Waals surface area contributed by atoms with E-state index in [1.807, 2.05) is 0 Å². The van der Waals surface area contributed by atoms with Gasteiger partial charge in [0.1, 0.15) is 0 Å². The first-order valence-electron chi connectivity index (χ1n) is 5.34. The van der Waals surface area contributed by atoms with Crippen LogP contribution in [0.5, 0.6) is 0 Å². The van der Waals surface area contributed by atoms with Gasteiger partial charge in [-0.2, -0.15) is 4.98 Å². The fourth-order valence-corrected chi connectivity index (χ4v) is 1.49. The standard InChI is InChI=1S/C11H12F2N4O/c1-6-16-9(17-18-6)4-5-15-11-8(14)3-2-7(12)10(11)13/h2-3,15H,4-5,14H2,1H3. The highest BCUT2D eigenvalue weighted by molar-refractivity contribution is 5.66. The van der Waals surface area contributed by atoms with Crippen molar-refractivity contribution in [1.29, 1.82) is 0 Å². The van der Waals surface area contributed by atoms with Crippen molar-refractivity contribution in [3.63, 3.8) is 0 Å². The van der Waals surface area contributed by atoms with Crippen molar-refractivity contribution in [1.82, 2.24) is 10.1 Å². The van der Waals surface area contributed by atoms with E-state index >= 15 is 0 Å². The molecule has 18 heavy (non-hydrogen) atoms. The molecule has 0 bridgehead atoms. The minimum atomic E-state index is -0.987. The minimum absolute atomic E-state index is 0.0461. The largest absolute Gasteiger partial charge is 0.397 e. The maximum Gasteiger partial charge on any atom is 0.223 e. The van der Waals surface area contributed by atoms with Crippen LogP contribution < -0.4 is 11.1 Å². The normalized spacial score (nSPS) is 10.6. The molecule has 2 rings (SSSR count). The molecule has 0 aliphatic rings. The Hall–Kier alpha value is -2.18. The number of benzene rings is 1. The summed E-state index contributed by atoms with van der Waals surface area (Å²) in [6, 6.07) is 2.29. The molecule has 2 aromatic rings. The molecule has 0 unspecified atom stereocenters. The number of aromatic nitrogens is 2. The summed E-state index contributed by atoms with van der Waals surface area (Å²) in [6.07, 6.45) is 0.423. The van der Waals surface area contributed by atoms with Crippen LogP contribution in [-0.4, -0.2) is 16.7 Å². The second-order valence-electron chi connectivity index (χ2n) is 3.73. The number of aryl methyl sites for hydroxylation is 1. The lowest BCUT2D eigenvalue weighted by molar-refractivity contribution is 0.387. The van der Waals surface area contributed by atoms with Crippen molar-refractivity contribution >= 4 is 11.4 Å². The van der Waals surface area contributed by atoms with Gasteiger partial charge in [0.2, 0.25) is 5.89 Å². The Kier molecular flexibility index (Phi) is 3.40. The first-order valence-corrected chi connectivity index (χ1v) is 5.34. The van der Waals surface area contributed by atoms with Crippen molar-refractivity contribution in [2.24, 2.45) is 0 Å². The number of nitrogens with one attached hydrogen (secondary N) is 1. The van der Waals surface area contributed by atoms with Gasteiger partial charge in [0.15, 0.2) is 17.5 Å². The van der Waals surface area contributed by atoms with Gasteiger partial charge in [-0.3, -0.25) is 0 Å². The van der Waals surface area contributed by atoms with Crippen LogP contribution in [0.25, 0.3) is 0 Å². The van der Waals surface area contributed by atoms with Crippen LogP contribution in [0.4, 0.5) is 20.2 Å². The molecule has 0 spiro atoms. The van der Waals surface area contributed by atoms with Crippen LogP contribution in [0.15, 0.2) is 16.7 Å². The monoisotopic (exact) mass is 254 g/mol. The maximum absolute atomic E-state index is 13.4. The van der Waals surface area contributed by atoms with Gasteiger partial charge in [0, 0.05) is 19.9 Å². The zero-order chi connectivity index (χ0) is 13.1. The Morgan fingerprint density at radius 2 is 2.17 bits per heavy atom. The molecule has 0 saturated heterocycles. The summed E-state index contributed by atoms with van der Waals surface area (Å²) in [5.41, 5.74) is 5.66. The van der Waals surface area contributed by atoms with Crippen LogP contribution >= 0.6 is 0 Å². The van der Waals surface area contributed by atoms with E-state index < -0.39 is 11.6 Å². The molecular weight excluding hydrogens is 242 g/mol. The molecule has 1 heterocycles. The highest BCUT2D eigenvalue weighted by Crippen LogP contribution is 2.24.